The maximum Gasteiger partial charge on any atom is 0.246 e. The summed E-state index contributed by atoms with van der Waals surface area (Å²) in [7, 11) is 1.58. The van der Waals surface area contributed by atoms with E-state index >= 15 is 0 Å². The van der Waals surface area contributed by atoms with E-state index < -0.39 is 36.0 Å². The molecule has 0 aliphatic carbocycles. The van der Waals surface area contributed by atoms with Crippen LogP contribution in [0.1, 0.15) is 64.4 Å². The predicted molar refractivity (Wildman–Crippen MR) is 149 cm³/mol. The second kappa shape index (κ2) is 14.4. The van der Waals surface area contributed by atoms with Crippen LogP contribution in [0.4, 0.5) is 0 Å². The molecule has 3 N–H and O–H groups in total. The molecule has 4 amide bonds. The normalized spacial score (nSPS) is 25.4. The molecular formula is C28H42N4O5S. The summed E-state index contributed by atoms with van der Waals surface area (Å²) in [6.07, 6.45) is 5.10. The molecule has 210 valence electrons. The summed E-state index contributed by atoms with van der Waals surface area (Å²) in [6, 6.07) is 4.15. The molecule has 1 unspecified atom stereocenters. The van der Waals surface area contributed by atoms with Crippen LogP contribution in [0, 0.1) is 5.92 Å². The first-order valence-corrected chi connectivity index (χ1v) is 14.4. The van der Waals surface area contributed by atoms with Gasteiger partial charge in [-0.3, -0.25) is 19.2 Å². The monoisotopic (exact) mass is 546 g/mol. The number of benzene rings is 1. The van der Waals surface area contributed by atoms with Crippen molar-refractivity contribution < 1.29 is 23.9 Å². The quantitative estimate of drug-likeness (QED) is 0.265. The van der Waals surface area contributed by atoms with E-state index in [1.54, 1.807) is 24.1 Å². The van der Waals surface area contributed by atoms with Gasteiger partial charge in [0.15, 0.2) is 0 Å². The number of nitrogens with one attached hydrogen (secondary N) is 3. The van der Waals surface area contributed by atoms with E-state index in [1.807, 2.05) is 26.0 Å². The molecule has 2 aliphatic rings. The summed E-state index contributed by atoms with van der Waals surface area (Å²) in [4.78, 5) is 55.7. The molecule has 2 fully saturated rings. The number of nitrogens with zero attached hydrogens (tertiary/aromatic N) is 1. The molecule has 2 saturated heterocycles. The van der Waals surface area contributed by atoms with Crippen molar-refractivity contribution in [2.45, 2.75) is 89.4 Å². The van der Waals surface area contributed by atoms with Crippen molar-refractivity contribution in [1.82, 2.24) is 20.9 Å². The van der Waals surface area contributed by atoms with Crippen molar-refractivity contribution in [2.24, 2.45) is 5.92 Å². The predicted octanol–water partition coefficient (Wildman–Crippen LogP) is 2.23. The van der Waals surface area contributed by atoms with Crippen LogP contribution in [0.3, 0.4) is 0 Å². The average molecular weight is 547 g/mol. The number of hydrogen-bond acceptors (Lipinski definition) is 6. The molecule has 9 nitrogen and oxygen atoms in total. The van der Waals surface area contributed by atoms with Gasteiger partial charge in [0.25, 0.3) is 0 Å². The molecule has 0 radical (unpaired) electrons. The third kappa shape index (κ3) is 7.65. The number of methoxy groups -OCH3 is 1. The molecule has 1 aromatic carbocycles. The number of carbonyl (C=O) groups excluding carboxylic acids is 4. The van der Waals surface area contributed by atoms with E-state index in [4.69, 9.17) is 4.74 Å². The van der Waals surface area contributed by atoms with Crippen molar-refractivity contribution in [3.63, 3.8) is 0 Å². The third-order valence-electron chi connectivity index (χ3n) is 7.63. The van der Waals surface area contributed by atoms with E-state index in [0.717, 1.165) is 30.6 Å². The number of thiol groups is 1. The summed E-state index contributed by atoms with van der Waals surface area (Å²) in [5.74, 6) is -0.0663. The van der Waals surface area contributed by atoms with Crippen LogP contribution in [-0.2, 0) is 25.6 Å². The summed E-state index contributed by atoms with van der Waals surface area (Å²) < 4.78 is 5.23. The Morgan fingerprint density at radius 3 is 2.32 bits per heavy atom. The highest BCUT2D eigenvalue weighted by Crippen LogP contribution is 2.23. The maximum absolute atomic E-state index is 13.7. The highest BCUT2D eigenvalue weighted by atomic mass is 32.1. The largest absolute Gasteiger partial charge is 0.497 e. The van der Waals surface area contributed by atoms with E-state index in [1.165, 1.54) is 0 Å². The molecule has 2 aliphatic heterocycles. The smallest absolute Gasteiger partial charge is 0.246 e. The van der Waals surface area contributed by atoms with Crippen molar-refractivity contribution in [3.05, 3.63) is 29.8 Å². The number of carbonyl (C=O) groups is 4. The van der Waals surface area contributed by atoms with Gasteiger partial charge < -0.3 is 25.6 Å². The van der Waals surface area contributed by atoms with Gasteiger partial charge in [-0.05, 0) is 55.1 Å². The van der Waals surface area contributed by atoms with Crippen LogP contribution in [0.15, 0.2) is 24.3 Å². The molecule has 1 aromatic rings. The minimum Gasteiger partial charge on any atom is -0.497 e. The zero-order valence-corrected chi connectivity index (χ0v) is 23.6. The molecular weight excluding hydrogens is 504 g/mol. The van der Waals surface area contributed by atoms with Crippen molar-refractivity contribution in [3.8, 4) is 5.75 Å². The standard InChI is InChI=1S/C28H42N4O5S/c1-4-18(2)24-28(36)32-15-8-10-23(32)27(35)29-21(9-6-5-7-16-38)25(33)30-22(26(34)31-24)17-19-11-13-20(37-3)14-12-19/h11-14,18,21-24,38H,4-10,15-17H2,1-3H3,(H,29,35)(H,30,33)(H,31,34)/t18?,21-,22+,23+,24-/m0/s1. The van der Waals surface area contributed by atoms with Crippen LogP contribution in [0.2, 0.25) is 0 Å². The van der Waals surface area contributed by atoms with Gasteiger partial charge in [-0.2, -0.15) is 12.6 Å². The lowest BCUT2D eigenvalue weighted by atomic mass is 9.95. The van der Waals surface area contributed by atoms with E-state index in [0.29, 0.717) is 38.0 Å². The summed E-state index contributed by atoms with van der Waals surface area (Å²) in [5.41, 5.74) is 0.832. The van der Waals surface area contributed by atoms with Crippen molar-refractivity contribution in [2.75, 3.05) is 19.4 Å². The summed E-state index contributed by atoms with van der Waals surface area (Å²) in [6.45, 7) is 4.33. The Labute approximate surface area is 231 Å². The Morgan fingerprint density at radius 2 is 1.66 bits per heavy atom. The van der Waals surface area contributed by atoms with E-state index in [-0.39, 0.29) is 24.2 Å². The fraction of sp³-hybridized carbons (Fsp3) is 0.643. The van der Waals surface area contributed by atoms with Gasteiger partial charge in [-0.25, -0.2) is 0 Å². The Hall–Kier alpha value is -2.75. The van der Waals surface area contributed by atoms with Crippen LogP contribution < -0.4 is 20.7 Å². The third-order valence-corrected chi connectivity index (χ3v) is 7.95. The number of unbranched alkanes of at least 4 members (excludes halogenated alkanes) is 2. The van der Waals surface area contributed by atoms with Crippen LogP contribution >= 0.6 is 12.6 Å². The van der Waals surface area contributed by atoms with Crippen molar-refractivity contribution in [1.29, 1.82) is 0 Å². The van der Waals surface area contributed by atoms with E-state index in [9.17, 15) is 19.2 Å². The maximum atomic E-state index is 13.7. The zero-order chi connectivity index (χ0) is 27.7. The number of ether oxygens (including phenoxy) is 1. The Bertz CT molecular complexity index is 972. The lowest BCUT2D eigenvalue weighted by Gasteiger charge is -2.34. The molecule has 38 heavy (non-hydrogen) atoms. The fourth-order valence-corrected chi connectivity index (χ4v) is 5.29. The first kappa shape index (κ1) is 29.8. The van der Waals surface area contributed by atoms with Gasteiger partial charge >= 0.3 is 0 Å². The lowest BCUT2D eigenvalue weighted by Crippen LogP contribution is -2.62. The number of rotatable bonds is 10. The van der Waals surface area contributed by atoms with Crippen molar-refractivity contribution >= 4 is 36.3 Å². The first-order chi connectivity index (χ1) is 18.3. The minimum atomic E-state index is -0.916. The highest BCUT2D eigenvalue weighted by Gasteiger charge is 2.41. The molecule has 2 heterocycles. The van der Waals surface area contributed by atoms with Gasteiger partial charge in [0, 0.05) is 13.0 Å². The number of amides is 4. The lowest BCUT2D eigenvalue weighted by molar-refractivity contribution is -0.144. The van der Waals surface area contributed by atoms with Gasteiger partial charge in [0.2, 0.25) is 23.6 Å². The van der Waals surface area contributed by atoms with Crippen LogP contribution in [0.5, 0.6) is 5.75 Å². The molecule has 3 rings (SSSR count). The molecule has 0 bridgehead atoms. The zero-order valence-electron chi connectivity index (χ0n) is 22.7. The molecule has 5 atom stereocenters. The molecule has 10 heteroatoms. The molecule has 0 spiro atoms. The van der Waals surface area contributed by atoms with Gasteiger partial charge in [0.05, 0.1) is 7.11 Å². The SMILES string of the molecule is CCC(C)[C@@H]1NC(=O)[C@@H](Cc2ccc(OC)cc2)NC(=O)[C@H](CCCCCS)NC(=O)[C@H]2CCCN2C1=O. The van der Waals surface area contributed by atoms with Gasteiger partial charge in [0.1, 0.15) is 29.9 Å². The first-order valence-electron chi connectivity index (χ1n) is 13.7. The van der Waals surface area contributed by atoms with Gasteiger partial charge in [-0.1, -0.05) is 45.2 Å². The number of fused-ring (bicyclic) bond motifs is 1. The number of hydrogen-bond donors (Lipinski definition) is 4. The Kier molecular flexibility index (Phi) is 11.3. The van der Waals surface area contributed by atoms with Crippen LogP contribution in [0.25, 0.3) is 0 Å². The van der Waals surface area contributed by atoms with Gasteiger partial charge in [-0.15, -0.1) is 0 Å². The minimum absolute atomic E-state index is 0.143. The average Bonchev–Trinajstić information content (AvgIpc) is 3.42. The highest BCUT2D eigenvalue weighted by molar-refractivity contribution is 7.80. The Balaban J connectivity index is 1.93. The topological polar surface area (TPSA) is 117 Å². The second-order valence-electron chi connectivity index (χ2n) is 10.3. The van der Waals surface area contributed by atoms with E-state index in [2.05, 4.69) is 28.6 Å². The van der Waals surface area contributed by atoms with Crippen LogP contribution in [-0.4, -0.2) is 72.1 Å². The fourth-order valence-electron chi connectivity index (χ4n) is 5.07. The Morgan fingerprint density at radius 1 is 0.974 bits per heavy atom. The molecule has 0 saturated carbocycles. The second-order valence-corrected chi connectivity index (χ2v) is 10.8. The molecule has 0 aromatic heterocycles. The summed E-state index contributed by atoms with van der Waals surface area (Å²) >= 11 is 4.25. The summed E-state index contributed by atoms with van der Waals surface area (Å²) in [5, 5.41) is 8.74.